The molecule has 0 unspecified atom stereocenters. The minimum Gasteiger partial charge on any atom is -0.370 e. The summed E-state index contributed by atoms with van der Waals surface area (Å²) in [5, 5.41) is 7.36. The van der Waals surface area contributed by atoms with Crippen molar-refractivity contribution in [1.82, 2.24) is 10.6 Å². The maximum Gasteiger partial charge on any atom is 0.154 e. The Hall–Kier alpha value is -0.900. The third-order valence-electron chi connectivity index (χ3n) is 1.27. The Morgan fingerprint density at radius 2 is 2.10 bits per heavy atom. The first-order chi connectivity index (χ1) is 4.88. The number of carbonyl (C=O) groups excluding carboxylic acids is 1. The van der Waals surface area contributed by atoms with Crippen molar-refractivity contribution >= 4 is 23.9 Å². The quantitative estimate of drug-likeness (QED) is 0.324. The van der Waals surface area contributed by atoms with Gasteiger partial charge in [-0.1, -0.05) is 12.2 Å². The predicted molar refractivity (Wildman–Crippen MR) is 42.8 cm³/mol. The van der Waals surface area contributed by atoms with Crippen molar-refractivity contribution in [2.75, 3.05) is 13.1 Å². The van der Waals surface area contributed by atoms with Crippen LogP contribution in [0.3, 0.4) is 0 Å². The molecule has 0 bridgehead atoms. The fraction of sp³-hybridized carbons (Fsp3) is 0.333. The van der Waals surface area contributed by atoms with Gasteiger partial charge < -0.3 is 10.6 Å². The average Bonchev–Trinajstić information content (AvgIpc) is 2.43. The summed E-state index contributed by atoms with van der Waals surface area (Å²) < 4.78 is 0. The van der Waals surface area contributed by atoms with Crippen LogP contribution in [0.25, 0.3) is 0 Å². The Kier molecular flexibility index (Phi) is 2.39. The van der Waals surface area contributed by atoms with Crippen LogP contribution in [0.2, 0.25) is 0 Å². The summed E-state index contributed by atoms with van der Waals surface area (Å²) in [7, 11) is 0. The smallest absolute Gasteiger partial charge is 0.154 e. The lowest BCUT2D eigenvalue weighted by Gasteiger charge is -1.98. The van der Waals surface area contributed by atoms with Crippen LogP contribution >= 0.6 is 12.2 Å². The lowest BCUT2D eigenvalue weighted by molar-refractivity contribution is -0.104. The molecule has 0 saturated carbocycles. The summed E-state index contributed by atoms with van der Waals surface area (Å²) in [6, 6.07) is 0. The predicted octanol–water partition coefficient (Wildman–Crippen LogP) is -0.411. The fourth-order valence-electron chi connectivity index (χ4n) is 0.787. The first-order valence-corrected chi connectivity index (χ1v) is 3.48. The lowest BCUT2D eigenvalue weighted by atomic mass is 10.3. The second-order valence-corrected chi connectivity index (χ2v) is 2.16. The Morgan fingerprint density at radius 3 is 2.50 bits per heavy atom. The number of hydrogen-bond donors (Lipinski definition) is 2. The SMILES string of the molecule is O=CC(C=S)=C1NCCN1. The van der Waals surface area contributed by atoms with Crippen LogP contribution in [-0.2, 0) is 4.79 Å². The molecule has 0 aromatic rings. The first kappa shape index (κ1) is 7.21. The van der Waals surface area contributed by atoms with Crippen LogP contribution < -0.4 is 10.6 Å². The minimum atomic E-state index is 0.521. The first-order valence-electron chi connectivity index (χ1n) is 3.01. The van der Waals surface area contributed by atoms with Crippen molar-refractivity contribution in [1.29, 1.82) is 0 Å². The molecule has 0 radical (unpaired) electrons. The molecule has 1 aliphatic heterocycles. The number of nitrogens with one attached hydrogen (secondary N) is 2. The van der Waals surface area contributed by atoms with Crippen molar-refractivity contribution < 1.29 is 4.79 Å². The number of allylic oxidation sites excluding steroid dienone is 1. The van der Waals surface area contributed by atoms with Crippen LogP contribution in [0.4, 0.5) is 0 Å². The molecule has 0 amide bonds. The monoisotopic (exact) mass is 156 g/mol. The van der Waals surface area contributed by atoms with Gasteiger partial charge >= 0.3 is 0 Å². The maximum atomic E-state index is 10.3. The Bertz CT molecular complexity index is 170. The van der Waals surface area contributed by atoms with Crippen LogP contribution in [0.5, 0.6) is 0 Å². The maximum absolute atomic E-state index is 10.3. The molecule has 0 spiro atoms. The summed E-state index contributed by atoms with van der Waals surface area (Å²) in [6.45, 7) is 1.71. The molecule has 1 aliphatic rings. The molecule has 3 nitrogen and oxygen atoms in total. The number of carbonyl (C=O) groups is 1. The molecule has 0 aromatic carbocycles. The van der Waals surface area contributed by atoms with Gasteiger partial charge in [0.25, 0.3) is 0 Å². The highest BCUT2D eigenvalue weighted by Gasteiger charge is 2.07. The zero-order chi connectivity index (χ0) is 7.40. The third kappa shape index (κ3) is 1.33. The Labute approximate surface area is 64.5 Å². The molecule has 0 atom stereocenters. The van der Waals surface area contributed by atoms with Crippen LogP contribution in [0.1, 0.15) is 0 Å². The van der Waals surface area contributed by atoms with E-state index >= 15 is 0 Å². The standard InChI is InChI=1S/C6H8N2OS/c9-3-5(4-10)6-7-1-2-8-6/h3-4,7-8H,1-2H2. The van der Waals surface area contributed by atoms with Crippen LogP contribution in [0, 0.1) is 0 Å². The van der Waals surface area contributed by atoms with Gasteiger partial charge in [0, 0.05) is 18.5 Å². The van der Waals surface area contributed by atoms with Crippen molar-refractivity contribution in [3.8, 4) is 0 Å². The largest absolute Gasteiger partial charge is 0.370 e. The number of aldehydes is 1. The minimum absolute atomic E-state index is 0.521. The van der Waals surface area contributed by atoms with Gasteiger partial charge in [-0.3, -0.25) is 4.79 Å². The fourth-order valence-corrected chi connectivity index (χ4v) is 0.961. The normalized spacial score (nSPS) is 15.4. The van der Waals surface area contributed by atoms with Crippen molar-refractivity contribution in [2.45, 2.75) is 0 Å². The van der Waals surface area contributed by atoms with E-state index in [0.717, 1.165) is 25.2 Å². The van der Waals surface area contributed by atoms with Crippen molar-refractivity contribution in [3.63, 3.8) is 0 Å². The molecule has 54 valence electrons. The van der Waals surface area contributed by atoms with E-state index in [-0.39, 0.29) is 0 Å². The van der Waals surface area contributed by atoms with E-state index in [1.807, 2.05) is 0 Å². The van der Waals surface area contributed by atoms with Gasteiger partial charge in [0.1, 0.15) is 5.82 Å². The molecule has 10 heavy (non-hydrogen) atoms. The highest BCUT2D eigenvalue weighted by atomic mass is 32.1. The van der Waals surface area contributed by atoms with E-state index in [1.165, 1.54) is 5.37 Å². The van der Waals surface area contributed by atoms with Crippen LogP contribution in [-0.4, -0.2) is 24.7 Å². The summed E-state index contributed by atoms with van der Waals surface area (Å²) >= 11 is 4.62. The summed E-state index contributed by atoms with van der Waals surface area (Å²) in [4.78, 5) is 10.3. The van der Waals surface area contributed by atoms with Gasteiger partial charge in [-0.05, 0) is 0 Å². The molecule has 1 fully saturated rings. The topological polar surface area (TPSA) is 41.1 Å². The number of rotatable bonds is 2. The molecule has 1 saturated heterocycles. The lowest BCUT2D eigenvalue weighted by Crippen LogP contribution is -2.14. The molecule has 1 rings (SSSR count). The number of thiocarbonyl (C=S) groups is 1. The molecular weight excluding hydrogens is 148 g/mol. The van der Waals surface area contributed by atoms with E-state index in [9.17, 15) is 4.79 Å². The average molecular weight is 156 g/mol. The van der Waals surface area contributed by atoms with E-state index in [2.05, 4.69) is 22.9 Å². The van der Waals surface area contributed by atoms with Gasteiger partial charge in [0.2, 0.25) is 0 Å². The summed E-state index contributed by atoms with van der Waals surface area (Å²) in [5.41, 5.74) is 0.521. The summed E-state index contributed by atoms with van der Waals surface area (Å²) in [5.74, 6) is 0.755. The highest BCUT2D eigenvalue weighted by Crippen LogP contribution is 1.95. The third-order valence-corrected chi connectivity index (χ3v) is 1.53. The van der Waals surface area contributed by atoms with E-state index in [1.54, 1.807) is 0 Å². The van der Waals surface area contributed by atoms with E-state index in [4.69, 9.17) is 0 Å². The molecule has 2 N–H and O–H groups in total. The Balaban J connectivity index is 2.78. The van der Waals surface area contributed by atoms with Crippen LogP contribution in [0.15, 0.2) is 11.4 Å². The van der Waals surface area contributed by atoms with E-state index < -0.39 is 0 Å². The molecule has 0 aromatic heterocycles. The molecule has 1 heterocycles. The zero-order valence-corrected chi connectivity index (χ0v) is 6.20. The van der Waals surface area contributed by atoms with Gasteiger partial charge in [0.05, 0.1) is 5.57 Å². The molecule has 4 heteroatoms. The number of hydrogen-bond acceptors (Lipinski definition) is 4. The van der Waals surface area contributed by atoms with Gasteiger partial charge in [-0.2, -0.15) is 0 Å². The second-order valence-electron chi connectivity index (χ2n) is 1.92. The van der Waals surface area contributed by atoms with Gasteiger partial charge in [-0.25, -0.2) is 0 Å². The van der Waals surface area contributed by atoms with E-state index in [0.29, 0.717) is 5.57 Å². The van der Waals surface area contributed by atoms with Gasteiger partial charge in [-0.15, -0.1) is 0 Å². The van der Waals surface area contributed by atoms with Crippen molar-refractivity contribution in [2.24, 2.45) is 0 Å². The Morgan fingerprint density at radius 1 is 1.50 bits per heavy atom. The highest BCUT2D eigenvalue weighted by molar-refractivity contribution is 7.79. The van der Waals surface area contributed by atoms with Gasteiger partial charge in [0.15, 0.2) is 6.29 Å². The second kappa shape index (κ2) is 3.31. The molecular formula is C6H8N2OS. The zero-order valence-electron chi connectivity index (χ0n) is 5.39. The summed E-state index contributed by atoms with van der Waals surface area (Å²) in [6.07, 6.45) is 0.744. The molecule has 0 aliphatic carbocycles. The van der Waals surface area contributed by atoms with Crippen molar-refractivity contribution in [3.05, 3.63) is 11.4 Å².